The van der Waals surface area contributed by atoms with E-state index in [0.717, 1.165) is 47.3 Å². The first-order chi connectivity index (χ1) is 8.17. The number of fused-ring (bicyclic) bond motifs is 12. The van der Waals surface area contributed by atoms with Crippen LogP contribution < -0.4 is 0 Å². The molecule has 0 heterocycles. The second-order valence-corrected chi connectivity index (χ2v) is 8.42. The highest BCUT2D eigenvalue weighted by Crippen LogP contribution is 2.74. The maximum atomic E-state index is 2.60. The molecule has 0 aromatic carbocycles. The number of allylic oxidation sites excluding steroid dienone is 2. The molecule has 0 aliphatic heterocycles. The molecule has 5 rings (SSSR count). The van der Waals surface area contributed by atoms with Crippen molar-refractivity contribution in [1.82, 2.24) is 0 Å². The molecule has 5 aliphatic carbocycles. The summed E-state index contributed by atoms with van der Waals surface area (Å²) in [5.41, 5.74) is 0.678. The van der Waals surface area contributed by atoms with E-state index in [1.807, 2.05) is 0 Å². The normalized spacial score (nSPS) is 64.4. The molecule has 0 nitrogen and oxygen atoms in total. The van der Waals surface area contributed by atoms with Crippen LogP contribution in [-0.4, -0.2) is 0 Å². The van der Waals surface area contributed by atoms with Gasteiger partial charge < -0.3 is 0 Å². The minimum atomic E-state index is 0.678. The average molecular weight is 228 g/mol. The zero-order chi connectivity index (χ0) is 11.4. The van der Waals surface area contributed by atoms with Gasteiger partial charge in [-0.3, -0.25) is 0 Å². The van der Waals surface area contributed by atoms with Crippen molar-refractivity contribution in [3.05, 3.63) is 12.2 Å². The zero-order valence-corrected chi connectivity index (χ0v) is 11.1. The second kappa shape index (κ2) is 2.68. The summed E-state index contributed by atoms with van der Waals surface area (Å²) in [6.07, 6.45) is 11.3. The lowest BCUT2D eigenvalue weighted by molar-refractivity contribution is 0.0219. The van der Waals surface area contributed by atoms with Crippen LogP contribution >= 0.6 is 0 Å². The molecule has 0 heteroatoms. The third kappa shape index (κ3) is 0.923. The van der Waals surface area contributed by atoms with E-state index in [2.05, 4.69) is 26.0 Å². The summed E-state index contributed by atoms with van der Waals surface area (Å²) < 4.78 is 0. The molecule has 0 aromatic heterocycles. The van der Waals surface area contributed by atoms with Crippen LogP contribution in [0.4, 0.5) is 0 Å². The lowest BCUT2D eigenvalue weighted by atomic mass is 9.58. The Morgan fingerprint density at radius 3 is 2.76 bits per heavy atom. The summed E-state index contributed by atoms with van der Waals surface area (Å²) in [6.45, 7) is 5.12. The van der Waals surface area contributed by atoms with E-state index in [1.54, 1.807) is 19.3 Å². The van der Waals surface area contributed by atoms with E-state index in [-0.39, 0.29) is 0 Å². The Kier molecular flexibility index (Phi) is 1.52. The Morgan fingerprint density at radius 1 is 1.00 bits per heavy atom. The number of hydrogen-bond acceptors (Lipinski definition) is 0. The van der Waals surface area contributed by atoms with Crippen LogP contribution in [0.25, 0.3) is 0 Å². The van der Waals surface area contributed by atoms with Crippen LogP contribution in [0.1, 0.15) is 39.5 Å². The Balaban J connectivity index is 1.58. The van der Waals surface area contributed by atoms with Gasteiger partial charge in [-0.2, -0.15) is 0 Å². The van der Waals surface area contributed by atoms with E-state index >= 15 is 0 Å². The van der Waals surface area contributed by atoms with E-state index in [4.69, 9.17) is 0 Å². The molecule has 0 N–H and O–H groups in total. The minimum absolute atomic E-state index is 0.678. The van der Waals surface area contributed by atoms with E-state index in [0.29, 0.717) is 5.41 Å². The van der Waals surface area contributed by atoms with Gasteiger partial charge in [0.05, 0.1) is 0 Å². The van der Waals surface area contributed by atoms with Gasteiger partial charge in [-0.1, -0.05) is 26.0 Å². The van der Waals surface area contributed by atoms with Crippen molar-refractivity contribution < 1.29 is 0 Å². The molecule has 92 valence electrons. The Bertz CT molecular complexity index is 404. The second-order valence-electron chi connectivity index (χ2n) is 8.42. The SMILES string of the molecule is CC1(C)CC2CC1C1C3CC(C4C=CCC43)C21. The predicted molar refractivity (Wildman–Crippen MR) is 69.3 cm³/mol. The van der Waals surface area contributed by atoms with Gasteiger partial charge in [-0.15, -0.1) is 0 Å². The summed E-state index contributed by atoms with van der Waals surface area (Å²) in [7, 11) is 0. The predicted octanol–water partition coefficient (Wildman–Crippen LogP) is 4.13. The molecular weight excluding hydrogens is 204 g/mol. The van der Waals surface area contributed by atoms with Crippen molar-refractivity contribution >= 4 is 0 Å². The molecule has 0 radical (unpaired) electrons. The summed E-state index contributed by atoms with van der Waals surface area (Å²) in [5, 5.41) is 0. The van der Waals surface area contributed by atoms with Crippen molar-refractivity contribution in [2.75, 3.05) is 0 Å². The van der Waals surface area contributed by atoms with Gasteiger partial charge in [0.2, 0.25) is 0 Å². The molecule has 17 heavy (non-hydrogen) atoms. The zero-order valence-electron chi connectivity index (χ0n) is 11.1. The van der Waals surface area contributed by atoms with E-state index in [9.17, 15) is 0 Å². The summed E-state index contributed by atoms with van der Waals surface area (Å²) in [5.74, 6) is 8.84. The van der Waals surface area contributed by atoms with Gasteiger partial charge in [0.15, 0.2) is 0 Å². The van der Waals surface area contributed by atoms with Crippen LogP contribution in [0.5, 0.6) is 0 Å². The van der Waals surface area contributed by atoms with Crippen molar-refractivity contribution in [1.29, 1.82) is 0 Å². The Morgan fingerprint density at radius 2 is 1.88 bits per heavy atom. The molecule has 4 bridgehead atoms. The maximum absolute atomic E-state index is 2.60. The third-order valence-corrected chi connectivity index (χ3v) is 7.64. The first kappa shape index (κ1) is 9.64. The lowest BCUT2D eigenvalue weighted by Gasteiger charge is -2.46. The standard InChI is InChI=1S/C17H24/c1-17(2)8-9-6-14(17)16-13-7-12(15(9)16)10-4-3-5-11(10)13/h3-4,9-16H,5-8H2,1-2H3. The van der Waals surface area contributed by atoms with Crippen molar-refractivity contribution in [3.8, 4) is 0 Å². The average Bonchev–Trinajstić information content (AvgIpc) is 2.95. The van der Waals surface area contributed by atoms with E-state index in [1.165, 1.54) is 6.42 Å². The van der Waals surface area contributed by atoms with Crippen molar-refractivity contribution in [2.24, 2.45) is 52.8 Å². The quantitative estimate of drug-likeness (QED) is 0.432. The van der Waals surface area contributed by atoms with Gasteiger partial charge in [-0.25, -0.2) is 0 Å². The fraction of sp³-hybridized carbons (Fsp3) is 0.882. The lowest BCUT2D eigenvalue weighted by Crippen LogP contribution is -2.41. The molecule has 0 saturated heterocycles. The van der Waals surface area contributed by atoms with Crippen LogP contribution in [-0.2, 0) is 0 Å². The molecular formula is C17H24. The number of rotatable bonds is 0. The largest absolute Gasteiger partial charge is 0.0879 e. The molecule has 0 spiro atoms. The first-order valence-corrected chi connectivity index (χ1v) is 7.83. The summed E-state index contributed by atoms with van der Waals surface area (Å²) >= 11 is 0. The van der Waals surface area contributed by atoms with E-state index < -0.39 is 0 Å². The molecule has 8 atom stereocenters. The van der Waals surface area contributed by atoms with Crippen molar-refractivity contribution in [3.63, 3.8) is 0 Å². The van der Waals surface area contributed by atoms with Gasteiger partial charge >= 0.3 is 0 Å². The third-order valence-electron chi connectivity index (χ3n) is 7.64. The monoisotopic (exact) mass is 228 g/mol. The fourth-order valence-corrected chi connectivity index (χ4v) is 7.44. The van der Waals surface area contributed by atoms with Crippen LogP contribution in [0, 0.1) is 52.8 Å². The highest BCUT2D eigenvalue weighted by molar-refractivity contribution is 5.22. The fourth-order valence-electron chi connectivity index (χ4n) is 7.44. The van der Waals surface area contributed by atoms with Gasteiger partial charge in [0, 0.05) is 0 Å². The highest BCUT2D eigenvalue weighted by Gasteiger charge is 2.68. The first-order valence-electron chi connectivity index (χ1n) is 7.83. The van der Waals surface area contributed by atoms with Gasteiger partial charge in [0.1, 0.15) is 0 Å². The molecule has 0 aromatic rings. The molecule has 0 amide bonds. The molecule has 5 aliphatic rings. The maximum Gasteiger partial charge on any atom is -0.0168 e. The topological polar surface area (TPSA) is 0 Å². The molecule has 4 saturated carbocycles. The highest BCUT2D eigenvalue weighted by atomic mass is 14.7. The summed E-state index contributed by atoms with van der Waals surface area (Å²) in [6, 6.07) is 0. The van der Waals surface area contributed by atoms with Crippen LogP contribution in [0.3, 0.4) is 0 Å². The molecule has 8 unspecified atom stereocenters. The summed E-state index contributed by atoms with van der Waals surface area (Å²) in [4.78, 5) is 0. The molecule has 4 fully saturated rings. The van der Waals surface area contributed by atoms with Crippen LogP contribution in [0.2, 0.25) is 0 Å². The minimum Gasteiger partial charge on any atom is -0.0879 e. The smallest absolute Gasteiger partial charge is 0.0168 e. The Labute approximate surface area is 105 Å². The van der Waals surface area contributed by atoms with Crippen molar-refractivity contribution in [2.45, 2.75) is 39.5 Å². The Hall–Kier alpha value is -0.260. The van der Waals surface area contributed by atoms with Crippen LogP contribution in [0.15, 0.2) is 12.2 Å². The van der Waals surface area contributed by atoms with Gasteiger partial charge in [-0.05, 0) is 78.4 Å². The van der Waals surface area contributed by atoms with Gasteiger partial charge in [0.25, 0.3) is 0 Å². The number of hydrogen-bond donors (Lipinski definition) is 0.